The van der Waals surface area contributed by atoms with Crippen LogP contribution in [0.15, 0.2) is 28.7 Å². The minimum Gasteiger partial charge on any atom is -0.460 e. The average Bonchev–Trinajstić information content (AvgIpc) is 2.75. The molecule has 96 valence electrons. The third-order valence-corrected chi connectivity index (χ3v) is 2.61. The van der Waals surface area contributed by atoms with Crippen LogP contribution in [0.25, 0.3) is 11.0 Å². The van der Waals surface area contributed by atoms with Crippen LogP contribution < -0.4 is 0 Å². The fourth-order valence-electron chi connectivity index (χ4n) is 1.81. The Morgan fingerprint density at radius 1 is 1.22 bits per heavy atom. The first-order valence-corrected chi connectivity index (χ1v) is 6.03. The van der Waals surface area contributed by atoms with E-state index in [1.165, 1.54) is 0 Å². The van der Waals surface area contributed by atoms with Gasteiger partial charge in [0.2, 0.25) is 5.76 Å². The molecule has 0 fully saturated rings. The van der Waals surface area contributed by atoms with Gasteiger partial charge in [-0.3, -0.25) is 0 Å². The summed E-state index contributed by atoms with van der Waals surface area (Å²) in [4.78, 5) is 11.8. The Balaban J connectivity index is 2.46. The Hall–Kier alpha value is -1.81. The number of hydrogen-bond acceptors (Lipinski definition) is 4. The number of esters is 1. The minimum absolute atomic E-state index is 0.242. The van der Waals surface area contributed by atoms with Gasteiger partial charge in [-0.2, -0.15) is 0 Å². The van der Waals surface area contributed by atoms with Crippen molar-refractivity contribution in [1.82, 2.24) is 0 Å². The molecule has 0 spiro atoms. The first-order chi connectivity index (χ1) is 8.77. The zero-order valence-electron chi connectivity index (χ0n) is 10.6. The molecule has 0 saturated carbocycles. The van der Waals surface area contributed by atoms with Gasteiger partial charge < -0.3 is 13.9 Å². The van der Waals surface area contributed by atoms with E-state index in [2.05, 4.69) is 0 Å². The van der Waals surface area contributed by atoms with Gasteiger partial charge in [0, 0.05) is 17.6 Å². The van der Waals surface area contributed by atoms with Crippen LogP contribution in [0.1, 0.15) is 30.0 Å². The second-order valence-corrected chi connectivity index (χ2v) is 3.76. The van der Waals surface area contributed by atoms with E-state index >= 15 is 0 Å². The smallest absolute Gasteiger partial charge is 0.374 e. The number of fused-ring (bicyclic) bond motifs is 1. The molecule has 0 radical (unpaired) electrons. The minimum atomic E-state index is -0.441. The summed E-state index contributed by atoms with van der Waals surface area (Å²) in [6.07, 6.45) is 0. The van der Waals surface area contributed by atoms with Crippen LogP contribution in [-0.4, -0.2) is 19.2 Å². The van der Waals surface area contributed by atoms with Gasteiger partial charge in [0.1, 0.15) is 5.58 Å². The Labute approximate surface area is 105 Å². The van der Waals surface area contributed by atoms with Crippen LogP contribution in [0, 0.1) is 0 Å². The third-order valence-electron chi connectivity index (χ3n) is 2.61. The molecular weight excluding hydrogens is 232 g/mol. The summed E-state index contributed by atoms with van der Waals surface area (Å²) in [6.45, 7) is 4.93. The molecule has 0 atom stereocenters. The van der Waals surface area contributed by atoms with Crippen molar-refractivity contribution in [3.05, 3.63) is 35.6 Å². The maximum atomic E-state index is 11.8. The summed E-state index contributed by atoms with van der Waals surface area (Å²) in [6, 6.07) is 7.51. The lowest BCUT2D eigenvalue weighted by molar-refractivity contribution is 0.0483. The van der Waals surface area contributed by atoms with E-state index in [4.69, 9.17) is 13.9 Å². The first kappa shape index (κ1) is 12.6. The van der Waals surface area contributed by atoms with Crippen LogP contribution in [0.5, 0.6) is 0 Å². The number of furan rings is 1. The number of rotatable bonds is 5. The molecule has 2 rings (SSSR count). The Kier molecular flexibility index (Phi) is 3.99. The van der Waals surface area contributed by atoms with Crippen molar-refractivity contribution in [1.29, 1.82) is 0 Å². The SMILES string of the molecule is CCOCc1c(C(=O)OCC)oc2ccccc12. The lowest BCUT2D eigenvalue weighted by Gasteiger charge is -2.03. The molecule has 0 unspecified atom stereocenters. The van der Waals surface area contributed by atoms with E-state index in [1.807, 2.05) is 31.2 Å². The average molecular weight is 248 g/mol. The molecule has 0 aliphatic heterocycles. The van der Waals surface area contributed by atoms with E-state index in [1.54, 1.807) is 6.92 Å². The van der Waals surface area contributed by atoms with Gasteiger partial charge in [-0.15, -0.1) is 0 Å². The highest BCUT2D eigenvalue weighted by atomic mass is 16.5. The Morgan fingerprint density at radius 3 is 2.72 bits per heavy atom. The molecule has 0 amide bonds. The van der Waals surface area contributed by atoms with Gasteiger partial charge in [-0.25, -0.2) is 4.79 Å². The quantitative estimate of drug-likeness (QED) is 0.763. The van der Waals surface area contributed by atoms with Gasteiger partial charge in [0.25, 0.3) is 0 Å². The second-order valence-electron chi connectivity index (χ2n) is 3.76. The summed E-state index contributed by atoms with van der Waals surface area (Å²) >= 11 is 0. The number of carbonyl (C=O) groups excluding carboxylic acids is 1. The monoisotopic (exact) mass is 248 g/mol. The standard InChI is InChI=1S/C14H16O4/c1-3-16-9-11-10-7-5-6-8-12(10)18-13(11)14(15)17-4-2/h5-8H,3-4,9H2,1-2H3. The van der Waals surface area contributed by atoms with Crippen molar-refractivity contribution in [2.45, 2.75) is 20.5 Å². The van der Waals surface area contributed by atoms with Crippen molar-refractivity contribution in [3.8, 4) is 0 Å². The van der Waals surface area contributed by atoms with Gasteiger partial charge in [0.05, 0.1) is 13.2 Å². The zero-order chi connectivity index (χ0) is 13.0. The Bertz CT molecular complexity index is 542. The first-order valence-electron chi connectivity index (χ1n) is 6.03. The van der Waals surface area contributed by atoms with Crippen LogP contribution in [0.3, 0.4) is 0 Å². The van der Waals surface area contributed by atoms with Crippen LogP contribution in [0.4, 0.5) is 0 Å². The fraction of sp³-hybridized carbons (Fsp3) is 0.357. The predicted octanol–water partition coefficient (Wildman–Crippen LogP) is 3.15. The predicted molar refractivity (Wildman–Crippen MR) is 67.5 cm³/mol. The zero-order valence-corrected chi connectivity index (χ0v) is 10.6. The topological polar surface area (TPSA) is 48.7 Å². The molecular formula is C14H16O4. The van der Waals surface area contributed by atoms with E-state index in [0.29, 0.717) is 25.4 Å². The highest BCUT2D eigenvalue weighted by Gasteiger charge is 2.21. The molecule has 0 bridgehead atoms. The Morgan fingerprint density at radius 2 is 2.00 bits per heavy atom. The lowest BCUT2D eigenvalue weighted by atomic mass is 10.1. The summed E-state index contributed by atoms with van der Waals surface area (Å²) in [5.74, 6) is -0.199. The molecule has 0 saturated heterocycles. The fourth-order valence-corrected chi connectivity index (χ4v) is 1.81. The van der Waals surface area contributed by atoms with Crippen LogP contribution in [0.2, 0.25) is 0 Å². The molecule has 1 aromatic heterocycles. The highest BCUT2D eigenvalue weighted by molar-refractivity contribution is 5.96. The number of para-hydroxylation sites is 1. The highest BCUT2D eigenvalue weighted by Crippen LogP contribution is 2.27. The van der Waals surface area contributed by atoms with E-state index in [-0.39, 0.29) is 5.76 Å². The molecule has 4 nitrogen and oxygen atoms in total. The summed E-state index contributed by atoms with van der Waals surface area (Å²) < 4.78 is 15.9. The van der Waals surface area contributed by atoms with E-state index in [9.17, 15) is 4.79 Å². The normalized spacial score (nSPS) is 10.8. The van der Waals surface area contributed by atoms with Crippen LogP contribution in [-0.2, 0) is 16.1 Å². The number of ether oxygens (including phenoxy) is 2. The van der Waals surface area contributed by atoms with Crippen molar-refractivity contribution >= 4 is 16.9 Å². The van der Waals surface area contributed by atoms with Crippen molar-refractivity contribution in [2.75, 3.05) is 13.2 Å². The third kappa shape index (κ3) is 2.38. The number of hydrogen-bond donors (Lipinski definition) is 0. The molecule has 0 aliphatic carbocycles. The molecule has 0 N–H and O–H groups in total. The van der Waals surface area contributed by atoms with Crippen molar-refractivity contribution < 1.29 is 18.7 Å². The van der Waals surface area contributed by atoms with Gasteiger partial charge in [0.15, 0.2) is 0 Å². The summed E-state index contributed by atoms with van der Waals surface area (Å²) in [5, 5.41) is 0.897. The molecule has 1 aromatic carbocycles. The second kappa shape index (κ2) is 5.69. The molecule has 2 aromatic rings. The summed E-state index contributed by atoms with van der Waals surface area (Å²) in [7, 11) is 0. The molecule has 18 heavy (non-hydrogen) atoms. The number of carbonyl (C=O) groups is 1. The van der Waals surface area contributed by atoms with Crippen LogP contribution >= 0.6 is 0 Å². The maximum Gasteiger partial charge on any atom is 0.374 e. The molecule has 1 heterocycles. The molecule has 0 aliphatic rings. The van der Waals surface area contributed by atoms with Gasteiger partial charge in [-0.1, -0.05) is 18.2 Å². The number of benzene rings is 1. The van der Waals surface area contributed by atoms with Gasteiger partial charge >= 0.3 is 5.97 Å². The largest absolute Gasteiger partial charge is 0.460 e. The maximum absolute atomic E-state index is 11.8. The molecule has 4 heteroatoms. The van der Waals surface area contributed by atoms with E-state index in [0.717, 1.165) is 10.9 Å². The van der Waals surface area contributed by atoms with Gasteiger partial charge in [-0.05, 0) is 19.9 Å². The summed E-state index contributed by atoms with van der Waals surface area (Å²) in [5.41, 5.74) is 1.43. The van der Waals surface area contributed by atoms with E-state index < -0.39 is 5.97 Å². The lowest BCUT2D eigenvalue weighted by Crippen LogP contribution is -2.07. The van der Waals surface area contributed by atoms with Crippen molar-refractivity contribution in [3.63, 3.8) is 0 Å². The van der Waals surface area contributed by atoms with Crippen molar-refractivity contribution in [2.24, 2.45) is 0 Å².